The SMILES string of the molecule is COc1ccc(O)c(C2=NN3C(C2)c2ccccc2OC3c2ccc(OC)c(OC)c2)c1. The largest absolute Gasteiger partial charge is 0.507 e. The van der Waals surface area contributed by atoms with Gasteiger partial charge in [0.25, 0.3) is 0 Å². The summed E-state index contributed by atoms with van der Waals surface area (Å²) in [6.07, 6.45) is 0.171. The highest BCUT2D eigenvalue weighted by molar-refractivity contribution is 6.04. The van der Waals surface area contributed by atoms with E-state index in [0.717, 1.165) is 22.6 Å². The number of ether oxygens (including phenoxy) is 4. The van der Waals surface area contributed by atoms with Crippen LogP contribution in [0.2, 0.25) is 0 Å². The molecule has 0 spiro atoms. The Kier molecular flexibility index (Phi) is 5.01. The van der Waals surface area contributed by atoms with Crippen LogP contribution in [0.4, 0.5) is 0 Å². The minimum atomic E-state index is -0.458. The van der Waals surface area contributed by atoms with Crippen LogP contribution in [0.25, 0.3) is 0 Å². The molecule has 0 fully saturated rings. The van der Waals surface area contributed by atoms with Crippen molar-refractivity contribution in [2.24, 2.45) is 5.10 Å². The van der Waals surface area contributed by atoms with Crippen molar-refractivity contribution in [1.82, 2.24) is 5.01 Å². The number of phenols is 1. The van der Waals surface area contributed by atoms with Gasteiger partial charge in [-0.05, 0) is 42.5 Å². The maximum atomic E-state index is 10.5. The van der Waals surface area contributed by atoms with E-state index in [4.69, 9.17) is 24.0 Å². The highest BCUT2D eigenvalue weighted by Crippen LogP contribution is 2.48. The highest BCUT2D eigenvalue weighted by atomic mass is 16.5. The normalized spacial score (nSPS) is 18.8. The first-order valence-electron chi connectivity index (χ1n) is 10.3. The smallest absolute Gasteiger partial charge is 0.214 e. The van der Waals surface area contributed by atoms with Gasteiger partial charge in [-0.3, -0.25) is 0 Å². The summed E-state index contributed by atoms with van der Waals surface area (Å²) < 4.78 is 22.6. The van der Waals surface area contributed by atoms with Gasteiger partial charge in [0.1, 0.15) is 17.2 Å². The number of hydrogen-bond donors (Lipinski definition) is 1. The molecule has 32 heavy (non-hydrogen) atoms. The standard InChI is InChI=1S/C25H24N2O5/c1-29-16-9-10-21(28)18(13-16)19-14-20-17-6-4-5-7-22(17)32-25(27(20)26-19)15-8-11-23(30-2)24(12-15)31-3/h4-13,20,25,28H,14H2,1-3H3. The zero-order valence-corrected chi connectivity index (χ0v) is 18.1. The molecule has 2 aliphatic heterocycles. The highest BCUT2D eigenvalue weighted by Gasteiger charge is 2.41. The van der Waals surface area contributed by atoms with Gasteiger partial charge in [-0.25, -0.2) is 5.01 Å². The van der Waals surface area contributed by atoms with Crippen LogP contribution in [0.1, 0.15) is 35.4 Å². The van der Waals surface area contributed by atoms with Gasteiger partial charge in [-0.2, -0.15) is 5.10 Å². The second-order valence-corrected chi connectivity index (χ2v) is 7.65. The van der Waals surface area contributed by atoms with Crippen LogP contribution in [0, 0.1) is 0 Å². The van der Waals surface area contributed by atoms with E-state index in [-0.39, 0.29) is 11.8 Å². The van der Waals surface area contributed by atoms with Gasteiger partial charge in [-0.15, -0.1) is 0 Å². The van der Waals surface area contributed by atoms with Crippen molar-refractivity contribution < 1.29 is 24.1 Å². The Bertz CT molecular complexity index is 1190. The third-order valence-corrected chi connectivity index (χ3v) is 5.91. The average molecular weight is 432 g/mol. The predicted octanol–water partition coefficient (Wildman–Crippen LogP) is 4.66. The van der Waals surface area contributed by atoms with Crippen LogP contribution in [0.3, 0.4) is 0 Å². The first-order chi connectivity index (χ1) is 15.6. The van der Waals surface area contributed by atoms with Crippen LogP contribution in [-0.2, 0) is 0 Å². The number of fused-ring (bicyclic) bond motifs is 3. The van der Waals surface area contributed by atoms with Gasteiger partial charge in [0, 0.05) is 23.1 Å². The van der Waals surface area contributed by atoms with Gasteiger partial charge in [-0.1, -0.05) is 18.2 Å². The molecule has 0 radical (unpaired) electrons. The summed E-state index contributed by atoms with van der Waals surface area (Å²) in [5.41, 5.74) is 3.38. The number of hydrazone groups is 1. The molecular weight excluding hydrogens is 408 g/mol. The summed E-state index contributed by atoms with van der Waals surface area (Å²) in [5.74, 6) is 2.92. The third-order valence-electron chi connectivity index (χ3n) is 5.91. The fourth-order valence-electron chi connectivity index (χ4n) is 4.30. The molecule has 164 valence electrons. The molecular formula is C25H24N2O5. The lowest BCUT2D eigenvalue weighted by molar-refractivity contribution is -0.0191. The molecule has 0 saturated heterocycles. The van der Waals surface area contributed by atoms with Crippen molar-refractivity contribution in [2.75, 3.05) is 21.3 Å². The second kappa shape index (κ2) is 8.00. The van der Waals surface area contributed by atoms with E-state index in [0.29, 0.717) is 29.2 Å². The summed E-state index contributed by atoms with van der Waals surface area (Å²) >= 11 is 0. The number of methoxy groups -OCH3 is 3. The van der Waals surface area contributed by atoms with Crippen LogP contribution in [0.5, 0.6) is 28.7 Å². The molecule has 0 amide bonds. The van der Waals surface area contributed by atoms with E-state index >= 15 is 0 Å². The van der Waals surface area contributed by atoms with Crippen molar-refractivity contribution >= 4 is 5.71 Å². The monoisotopic (exact) mass is 432 g/mol. The molecule has 1 N–H and O–H groups in total. The summed E-state index contributed by atoms with van der Waals surface area (Å²) in [6, 6.07) is 18.9. The Morgan fingerprint density at radius 2 is 1.75 bits per heavy atom. The molecule has 0 saturated carbocycles. The van der Waals surface area contributed by atoms with Crippen LogP contribution >= 0.6 is 0 Å². The quantitative estimate of drug-likeness (QED) is 0.632. The Balaban J connectivity index is 1.60. The lowest BCUT2D eigenvalue weighted by Crippen LogP contribution is -2.33. The number of phenolic OH excluding ortho intramolecular Hbond substituents is 1. The molecule has 7 nitrogen and oxygen atoms in total. The maximum absolute atomic E-state index is 10.5. The zero-order valence-electron chi connectivity index (χ0n) is 18.1. The van der Waals surface area contributed by atoms with Crippen LogP contribution in [-0.4, -0.2) is 37.2 Å². The zero-order chi connectivity index (χ0) is 22.2. The number of hydrogen-bond acceptors (Lipinski definition) is 7. The molecule has 0 aliphatic carbocycles. The van der Waals surface area contributed by atoms with Gasteiger partial charge < -0.3 is 24.1 Å². The minimum Gasteiger partial charge on any atom is -0.507 e. The second-order valence-electron chi connectivity index (χ2n) is 7.65. The Hall–Kier alpha value is -3.87. The molecule has 2 aliphatic rings. The molecule has 2 unspecified atom stereocenters. The molecule has 0 aromatic heterocycles. The van der Waals surface area contributed by atoms with Crippen LogP contribution in [0.15, 0.2) is 65.8 Å². The number of aromatic hydroxyl groups is 1. The van der Waals surface area contributed by atoms with Gasteiger partial charge >= 0.3 is 0 Å². The maximum Gasteiger partial charge on any atom is 0.214 e. The molecule has 2 atom stereocenters. The van der Waals surface area contributed by atoms with Crippen molar-refractivity contribution in [3.8, 4) is 28.7 Å². The Morgan fingerprint density at radius 3 is 2.53 bits per heavy atom. The van der Waals surface area contributed by atoms with Gasteiger partial charge in [0.2, 0.25) is 6.23 Å². The van der Waals surface area contributed by atoms with E-state index < -0.39 is 6.23 Å². The number of para-hydroxylation sites is 1. The van der Waals surface area contributed by atoms with Crippen molar-refractivity contribution in [3.05, 3.63) is 77.4 Å². The first-order valence-corrected chi connectivity index (χ1v) is 10.3. The van der Waals surface area contributed by atoms with Crippen molar-refractivity contribution in [3.63, 3.8) is 0 Å². The molecule has 7 heteroatoms. The summed E-state index contributed by atoms with van der Waals surface area (Å²) in [6.45, 7) is 0. The average Bonchev–Trinajstić information content (AvgIpc) is 3.29. The van der Waals surface area contributed by atoms with E-state index in [9.17, 15) is 5.11 Å². The molecule has 0 bridgehead atoms. The van der Waals surface area contributed by atoms with E-state index in [1.807, 2.05) is 47.5 Å². The van der Waals surface area contributed by atoms with E-state index in [2.05, 4.69) is 6.07 Å². The fraction of sp³-hybridized carbons (Fsp3) is 0.240. The van der Waals surface area contributed by atoms with Crippen molar-refractivity contribution in [1.29, 1.82) is 0 Å². The van der Waals surface area contributed by atoms with Gasteiger partial charge in [0.05, 0.1) is 33.1 Å². The summed E-state index contributed by atoms with van der Waals surface area (Å²) in [4.78, 5) is 0. The predicted molar refractivity (Wildman–Crippen MR) is 120 cm³/mol. The lowest BCUT2D eigenvalue weighted by Gasteiger charge is -2.38. The minimum absolute atomic E-state index is 0.0290. The number of nitrogens with zero attached hydrogens (tertiary/aromatic N) is 2. The first kappa shape index (κ1) is 20.1. The summed E-state index contributed by atoms with van der Waals surface area (Å²) in [5, 5.41) is 17.4. The van der Waals surface area contributed by atoms with Crippen LogP contribution < -0.4 is 18.9 Å². The molecule has 3 aromatic carbocycles. The molecule has 5 rings (SSSR count). The summed E-state index contributed by atoms with van der Waals surface area (Å²) in [7, 11) is 4.82. The number of benzene rings is 3. The third kappa shape index (κ3) is 3.26. The van der Waals surface area contributed by atoms with E-state index in [1.165, 1.54) is 0 Å². The fourth-order valence-corrected chi connectivity index (χ4v) is 4.30. The number of rotatable bonds is 5. The Labute approximate surface area is 186 Å². The molecule has 2 heterocycles. The Morgan fingerprint density at radius 1 is 0.938 bits per heavy atom. The molecule has 3 aromatic rings. The van der Waals surface area contributed by atoms with Gasteiger partial charge in [0.15, 0.2) is 11.5 Å². The van der Waals surface area contributed by atoms with Crippen molar-refractivity contribution in [2.45, 2.75) is 18.7 Å². The topological polar surface area (TPSA) is 72.8 Å². The van der Waals surface area contributed by atoms with E-state index in [1.54, 1.807) is 33.5 Å². The lowest BCUT2D eigenvalue weighted by atomic mass is 9.95.